The van der Waals surface area contributed by atoms with E-state index in [0.29, 0.717) is 18.2 Å². The number of rotatable bonds is 4. The van der Waals surface area contributed by atoms with Crippen LogP contribution in [0, 0.1) is 0 Å². The van der Waals surface area contributed by atoms with Crippen LogP contribution in [-0.2, 0) is 11.2 Å². The van der Waals surface area contributed by atoms with E-state index in [0.717, 1.165) is 30.9 Å². The number of nitrogens with one attached hydrogen (secondary N) is 2. The standard InChI is InChI=1S/C19H24N4O.HI/c1-20-19(23-16-12-15-7-8-17(16)24-15)22-11-9-14-5-2-4-13-6-3-10-21-18(13)14;/h2-6,10,15-17H,7-9,11-12H2,1H3,(H2,20,22,23);1H. The number of aliphatic imine (C=N–C) groups is 1. The first-order valence-corrected chi connectivity index (χ1v) is 8.79. The van der Waals surface area contributed by atoms with Crippen molar-refractivity contribution in [2.75, 3.05) is 13.6 Å². The van der Waals surface area contributed by atoms with Crippen LogP contribution in [0.3, 0.4) is 0 Å². The highest BCUT2D eigenvalue weighted by atomic mass is 127. The molecule has 0 radical (unpaired) electrons. The predicted octanol–water partition coefficient (Wildman–Crippen LogP) is 2.88. The van der Waals surface area contributed by atoms with Crippen molar-refractivity contribution in [3.8, 4) is 0 Å². The van der Waals surface area contributed by atoms with Crippen LogP contribution in [0.15, 0.2) is 41.5 Å². The maximum absolute atomic E-state index is 5.90. The maximum Gasteiger partial charge on any atom is 0.191 e. The van der Waals surface area contributed by atoms with Crippen LogP contribution in [-0.4, -0.2) is 42.8 Å². The summed E-state index contributed by atoms with van der Waals surface area (Å²) in [6, 6.07) is 10.8. The van der Waals surface area contributed by atoms with Gasteiger partial charge in [0.2, 0.25) is 0 Å². The van der Waals surface area contributed by atoms with Crippen molar-refractivity contribution < 1.29 is 4.74 Å². The average molecular weight is 452 g/mol. The van der Waals surface area contributed by atoms with Gasteiger partial charge in [-0.25, -0.2) is 0 Å². The molecule has 3 atom stereocenters. The van der Waals surface area contributed by atoms with Crippen molar-refractivity contribution in [3.05, 3.63) is 42.1 Å². The molecule has 0 saturated carbocycles. The fourth-order valence-corrected chi connectivity index (χ4v) is 3.84. The zero-order chi connectivity index (χ0) is 16.4. The molecule has 2 saturated heterocycles. The first-order chi connectivity index (χ1) is 11.8. The molecule has 1 aromatic carbocycles. The second-order valence-electron chi connectivity index (χ2n) is 6.60. The average Bonchev–Trinajstić information content (AvgIpc) is 3.24. The fraction of sp³-hybridized carbons (Fsp3) is 0.474. The molecule has 0 aliphatic carbocycles. The summed E-state index contributed by atoms with van der Waals surface area (Å²) in [4.78, 5) is 8.87. The predicted molar refractivity (Wildman–Crippen MR) is 112 cm³/mol. The maximum atomic E-state index is 5.90. The Bertz CT molecular complexity index is 746. The van der Waals surface area contributed by atoms with Gasteiger partial charge in [-0.15, -0.1) is 24.0 Å². The summed E-state index contributed by atoms with van der Waals surface area (Å²) < 4.78 is 5.90. The molecule has 134 valence electrons. The lowest BCUT2D eigenvalue weighted by Crippen LogP contribution is -2.47. The highest BCUT2D eigenvalue weighted by molar-refractivity contribution is 14.0. The largest absolute Gasteiger partial charge is 0.373 e. The second kappa shape index (κ2) is 8.31. The Kier molecular flexibility index (Phi) is 6.11. The quantitative estimate of drug-likeness (QED) is 0.426. The third-order valence-corrected chi connectivity index (χ3v) is 5.05. The van der Waals surface area contributed by atoms with Crippen molar-refractivity contribution in [2.24, 2.45) is 4.99 Å². The minimum Gasteiger partial charge on any atom is -0.373 e. The number of pyridine rings is 1. The summed E-state index contributed by atoms with van der Waals surface area (Å²) in [6.45, 7) is 0.830. The summed E-state index contributed by atoms with van der Waals surface area (Å²) >= 11 is 0. The Morgan fingerprint density at radius 2 is 2.16 bits per heavy atom. The monoisotopic (exact) mass is 452 g/mol. The van der Waals surface area contributed by atoms with Crippen molar-refractivity contribution >= 4 is 40.8 Å². The molecule has 0 spiro atoms. The summed E-state index contributed by atoms with van der Waals surface area (Å²) in [5, 5.41) is 8.13. The summed E-state index contributed by atoms with van der Waals surface area (Å²) in [5.74, 6) is 0.865. The van der Waals surface area contributed by atoms with Crippen molar-refractivity contribution in [1.29, 1.82) is 0 Å². The van der Waals surface area contributed by atoms with Gasteiger partial charge in [0.15, 0.2) is 5.96 Å². The molecule has 3 unspecified atom stereocenters. The number of hydrogen-bond donors (Lipinski definition) is 2. The van der Waals surface area contributed by atoms with Gasteiger partial charge in [-0.2, -0.15) is 0 Å². The number of hydrogen-bond acceptors (Lipinski definition) is 3. The van der Waals surface area contributed by atoms with Gasteiger partial charge in [0.05, 0.1) is 23.8 Å². The van der Waals surface area contributed by atoms with Gasteiger partial charge in [-0.1, -0.05) is 24.3 Å². The smallest absolute Gasteiger partial charge is 0.191 e. The first-order valence-electron chi connectivity index (χ1n) is 8.79. The van der Waals surface area contributed by atoms with E-state index in [2.05, 4.69) is 44.9 Å². The third kappa shape index (κ3) is 4.06. The van der Waals surface area contributed by atoms with Gasteiger partial charge in [0.25, 0.3) is 0 Å². The fourth-order valence-electron chi connectivity index (χ4n) is 3.84. The number of guanidine groups is 1. The van der Waals surface area contributed by atoms with E-state index < -0.39 is 0 Å². The highest BCUT2D eigenvalue weighted by Gasteiger charge is 2.41. The number of nitrogens with zero attached hydrogens (tertiary/aromatic N) is 2. The Morgan fingerprint density at radius 1 is 1.28 bits per heavy atom. The van der Waals surface area contributed by atoms with Crippen LogP contribution in [0.5, 0.6) is 0 Å². The Balaban J connectivity index is 0.00000182. The molecule has 2 aliphatic rings. The molecule has 2 aromatic rings. The van der Waals surface area contributed by atoms with E-state index in [9.17, 15) is 0 Å². The normalized spacial score (nSPS) is 25.0. The molecule has 0 amide bonds. The topological polar surface area (TPSA) is 58.5 Å². The molecule has 1 aromatic heterocycles. The van der Waals surface area contributed by atoms with Gasteiger partial charge in [-0.3, -0.25) is 9.98 Å². The SMILES string of the molecule is CN=C(NCCc1cccc2cccnc12)NC1CC2CCC1O2.I. The number of fused-ring (bicyclic) bond motifs is 3. The van der Waals surface area contributed by atoms with E-state index in [1.807, 2.05) is 19.3 Å². The number of benzene rings is 1. The Morgan fingerprint density at radius 3 is 2.92 bits per heavy atom. The highest BCUT2D eigenvalue weighted by Crippen LogP contribution is 2.34. The van der Waals surface area contributed by atoms with Gasteiger partial charge in [0.1, 0.15) is 0 Å². The zero-order valence-corrected chi connectivity index (χ0v) is 16.8. The van der Waals surface area contributed by atoms with Crippen molar-refractivity contribution in [2.45, 2.75) is 43.9 Å². The van der Waals surface area contributed by atoms with Gasteiger partial charge in [-0.05, 0) is 37.3 Å². The van der Waals surface area contributed by atoms with Gasteiger partial charge in [0, 0.05) is 25.2 Å². The van der Waals surface area contributed by atoms with E-state index in [1.54, 1.807) is 0 Å². The molecule has 2 aliphatic heterocycles. The van der Waals surface area contributed by atoms with Gasteiger partial charge < -0.3 is 15.4 Å². The zero-order valence-electron chi connectivity index (χ0n) is 14.4. The summed E-state index contributed by atoms with van der Waals surface area (Å²) in [6.07, 6.45) is 7.06. The first kappa shape index (κ1) is 18.4. The second-order valence-corrected chi connectivity index (χ2v) is 6.60. The van der Waals surface area contributed by atoms with Gasteiger partial charge >= 0.3 is 0 Å². The van der Waals surface area contributed by atoms with Crippen molar-refractivity contribution in [1.82, 2.24) is 15.6 Å². The molecule has 3 heterocycles. The molecule has 4 rings (SSSR count). The molecule has 6 heteroatoms. The Hall–Kier alpha value is -1.41. The lowest BCUT2D eigenvalue weighted by atomic mass is 9.96. The van der Waals surface area contributed by atoms with Crippen LogP contribution in [0.4, 0.5) is 0 Å². The molecule has 2 fully saturated rings. The van der Waals surface area contributed by atoms with E-state index in [1.165, 1.54) is 23.8 Å². The lowest BCUT2D eigenvalue weighted by Gasteiger charge is -2.22. The molecule has 25 heavy (non-hydrogen) atoms. The molecular formula is C19H25IN4O. The summed E-state index contributed by atoms with van der Waals surface area (Å²) in [7, 11) is 1.82. The van der Waals surface area contributed by atoms with Crippen LogP contribution in [0.25, 0.3) is 10.9 Å². The van der Waals surface area contributed by atoms with Crippen molar-refractivity contribution in [3.63, 3.8) is 0 Å². The van der Waals surface area contributed by atoms with Crippen LogP contribution >= 0.6 is 24.0 Å². The van der Waals surface area contributed by atoms with E-state index in [4.69, 9.17) is 4.74 Å². The molecule has 5 nitrogen and oxygen atoms in total. The summed E-state index contributed by atoms with van der Waals surface area (Å²) in [5.41, 5.74) is 2.35. The third-order valence-electron chi connectivity index (χ3n) is 5.05. The number of aromatic nitrogens is 1. The molecular weight excluding hydrogens is 427 g/mol. The number of ether oxygens (including phenoxy) is 1. The minimum absolute atomic E-state index is 0. The van der Waals surface area contributed by atoms with E-state index in [-0.39, 0.29) is 24.0 Å². The lowest BCUT2D eigenvalue weighted by molar-refractivity contribution is 0.0992. The Labute approximate surface area is 165 Å². The number of halogens is 1. The van der Waals surface area contributed by atoms with Crippen LogP contribution in [0.2, 0.25) is 0 Å². The van der Waals surface area contributed by atoms with Crippen LogP contribution < -0.4 is 10.6 Å². The minimum atomic E-state index is 0. The molecule has 2 N–H and O–H groups in total. The number of para-hydroxylation sites is 1. The van der Waals surface area contributed by atoms with Crippen LogP contribution in [0.1, 0.15) is 24.8 Å². The van der Waals surface area contributed by atoms with E-state index >= 15 is 0 Å². The molecule has 2 bridgehead atoms.